The van der Waals surface area contributed by atoms with E-state index in [1.807, 2.05) is 6.20 Å². The Morgan fingerprint density at radius 3 is 1.59 bits per heavy atom. The Labute approximate surface area is 366 Å². The van der Waals surface area contributed by atoms with Gasteiger partial charge in [0.1, 0.15) is 5.58 Å². The van der Waals surface area contributed by atoms with Crippen molar-refractivity contribution >= 4 is 87.4 Å². The molecule has 0 atom stereocenters. The molecule has 0 spiro atoms. The minimum Gasteiger partial charge on any atom is -0.454 e. The fourth-order valence-corrected chi connectivity index (χ4v) is 10.5. The Bertz CT molecular complexity index is 4150. The summed E-state index contributed by atoms with van der Waals surface area (Å²) in [6, 6.07) is 76.6. The van der Waals surface area contributed by atoms with Crippen LogP contribution in [0.5, 0.6) is 0 Å². The van der Waals surface area contributed by atoms with Crippen molar-refractivity contribution in [2.24, 2.45) is 0 Å². The molecule has 0 aliphatic carbocycles. The summed E-state index contributed by atoms with van der Waals surface area (Å²) in [6.45, 7) is 0. The second kappa shape index (κ2) is 13.4. The van der Waals surface area contributed by atoms with Crippen molar-refractivity contribution in [3.63, 3.8) is 0 Å². The number of fused-ring (bicyclic) bond motifs is 12. The van der Waals surface area contributed by atoms with Crippen LogP contribution in [0.3, 0.4) is 0 Å². The molecule has 298 valence electrons. The Morgan fingerprint density at radius 2 is 0.859 bits per heavy atom. The van der Waals surface area contributed by atoms with Crippen LogP contribution in [0.1, 0.15) is 0 Å². The number of hydrogen-bond donors (Lipinski definition) is 0. The molecule has 0 aliphatic rings. The molecule has 5 heteroatoms. The molecule has 0 fully saturated rings. The first-order valence-electron chi connectivity index (χ1n) is 21.8. The lowest BCUT2D eigenvalue weighted by atomic mass is 9.98. The number of pyridine rings is 1. The molecule has 0 aliphatic heterocycles. The van der Waals surface area contributed by atoms with Gasteiger partial charge in [0.25, 0.3) is 0 Å². The van der Waals surface area contributed by atoms with Gasteiger partial charge in [0.15, 0.2) is 5.58 Å². The van der Waals surface area contributed by atoms with Crippen LogP contribution in [0.4, 0.5) is 0 Å². The van der Waals surface area contributed by atoms with Crippen molar-refractivity contribution < 1.29 is 4.42 Å². The van der Waals surface area contributed by atoms with E-state index in [1.54, 1.807) is 0 Å². The van der Waals surface area contributed by atoms with Crippen molar-refractivity contribution in [2.45, 2.75) is 0 Å². The summed E-state index contributed by atoms with van der Waals surface area (Å²) in [5.74, 6) is 0. The van der Waals surface area contributed by atoms with Crippen LogP contribution in [0, 0.1) is 0 Å². The summed E-state index contributed by atoms with van der Waals surface area (Å²) >= 11 is 0. The molecule has 0 bridgehead atoms. The summed E-state index contributed by atoms with van der Waals surface area (Å²) in [6.07, 6.45) is 1.87. The van der Waals surface area contributed by atoms with Crippen LogP contribution < -0.4 is 0 Å². The van der Waals surface area contributed by atoms with E-state index in [4.69, 9.17) is 9.40 Å². The second-order valence-electron chi connectivity index (χ2n) is 16.7. The molecule has 64 heavy (non-hydrogen) atoms. The van der Waals surface area contributed by atoms with Gasteiger partial charge >= 0.3 is 0 Å². The number of hydrogen-bond acceptors (Lipinski definition) is 2. The number of furan rings is 1. The van der Waals surface area contributed by atoms with Gasteiger partial charge < -0.3 is 18.1 Å². The Balaban J connectivity index is 0.907. The molecule has 14 rings (SSSR count). The predicted octanol–water partition coefficient (Wildman–Crippen LogP) is 15.6. The molecule has 0 unspecified atom stereocenters. The monoisotopic (exact) mass is 816 g/mol. The van der Waals surface area contributed by atoms with Gasteiger partial charge in [0.05, 0.1) is 45.0 Å². The molecule has 0 saturated heterocycles. The Morgan fingerprint density at radius 1 is 0.312 bits per heavy atom. The maximum Gasteiger partial charge on any atom is 0.153 e. The van der Waals surface area contributed by atoms with E-state index in [2.05, 4.69) is 226 Å². The van der Waals surface area contributed by atoms with Crippen molar-refractivity contribution in [2.75, 3.05) is 0 Å². The van der Waals surface area contributed by atoms with Gasteiger partial charge in [-0.1, -0.05) is 121 Å². The molecule has 0 radical (unpaired) electrons. The van der Waals surface area contributed by atoms with Gasteiger partial charge in [0.2, 0.25) is 0 Å². The van der Waals surface area contributed by atoms with Crippen LogP contribution in [0.2, 0.25) is 0 Å². The van der Waals surface area contributed by atoms with E-state index in [9.17, 15) is 0 Å². The van der Waals surface area contributed by atoms with Gasteiger partial charge in [-0.3, -0.25) is 4.98 Å². The first-order chi connectivity index (χ1) is 31.7. The van der Waals surface area contributed by atoms with E-state index < -0.39 is 0 Å². The smallest absolute Gasteiger partial charge is 0.153 e. The van der Waals surface area contributed by atoms with Crippen LogP contribution in [0.25, 0.3) is 127 Å². The molecule has 9 aromatic carbocycles. The molecular weight excluding hydrogens is 781 g/mol. The number of nitrogens with zero attached hydrogens (tertiary/aromatic N) is 4. The van der Waals surface area contributed by atoms with Crippen molar-refractivity contribution in [1.82, 2.24) is 18.7 Å². The normalized spacial score (nSPS) is 12.1. The lowest BCUT2D eigenvalue weighted by Crippen LogP contribution is -1.94. The lowest BCUT2D eigenvalue weighted by molar-refractivity contribution is 0.667. The summed E-state index contributed by atoms with van der Waals surface area (Å²) in [5.41, 5.74) is 16.4. The highest BCUT2D eigenvalue weighted by molar-refractivity contribution is 6.18. The van der Waals surface area contributed by atoms with Crippen molar-refractivity contribution in [3.05, 3.63) is 219 Å². The zero-order chi connectivity index (χ0) is 41.9. The van der Waals surface area contributed by atoms with Crippen LogP contribution in [-0.4, -0.2) is 18.7 Å². The summed E-state index contributed by atoms with van der Waals surface area (Å²) in [5, 5.41) is 9.51. The van der Waals surface area contributed by atoms with Gasteiger partial charge in [-0.05, 0) is 102 Å². The molecule has 5 heterocycles. The zero-order valence-corrected chi connectivity index (χ0v) is 34.5. The highest BCUT2D eigenvalue weighted by Crippen LogP contribution is 2.42. The molecule has 5 aromatic heterocycles. The SMILES string of the molecule is c1ccc(-n2c3ccccc3c3c(-c4ccc5c(c4)c4ccccc4n5-c4ccc5oc6cnc(-c7cccc(-n8c9ccccc9c9ccccc98)c7)cc6c5c4)cccc32)cc1. The maximum atomic E-state index is 6.45. The number of para-hydroxylation sites is 5. The first-order valence-corrected chi connectivity index (χ1v) is 21.8. The van der Waals surface area contributed by atoms with Crippen LogP contribution >= 0.6 is 0 Å². The minimum atomic E-state index is 0.768. The zero-order valence-electron chi connectivity index (χ0n) is 34.5. The fraction of sp³-hybridized carbons (Fsp3) is 0. The Hall–Kier alpha value is -8.67. The average Bonchev–Trinajstić information content (AvgIpc) is 4.10. The number of rotatable bonds is 5. The summed E-state index contributed by atoms with van der Waals surface area (Å²) < 4.78 is 13.6. The number of benzene rings is 9. The van der Waals surface area contributed by atoms with Crippen molar-refractivity contribution in [1.29, 1.82) is 0 Å². The van der Waals surface area contributed by atoms with E-state index in [-0.39, 0.29) is 0 Å². The molecule has 14 aromatic rings. The molecule has 5 nitrogen and oxygen atoms in total. The second-order valence-corrected chi connectivity index (χ2v) is 16.7. The first kappa shape index (κ1) is 35.0. The van der Waals surface area contributed by atoms with E-state index in [1.165, 1.54) is 65.5 Å². The van der Waals surface area contributed by atoms with Crippen LogP contribution in [0.15, 0.2) is 223 Å². The highest BCUT2D eigenvalue weighted by Gasteiger charge is 2.20. The standard InChI is InChI=1S/C59H36N4O/c1-2-15-39(16-3-1)61-54-26-11-7-21-46(54)59-42(22-13-27-56(59)61)37-28-30-55-47(33-37)45-20-6-10-25-53(45)63(55)41-29-31-57-48(34-41)49-35-50(60-36-58(49)64-57)38-14-12-17-40(32-38)62-51-23-8-4-18-43(51)44-19-5-9-24-52(44)62/h1-36H. The largest absolute Gasteiger partial charge is 0.454 e. The summed E-state index contributed by atoms with van der Waals surface area (Å²) in [7, 11) is 0. The van der Waals surface area contributed by atoms with Crippen molar-refractivity contribution in [3.8, 4) is 39.4 Å². The molecular formula is C59H36N4O. The molecule has 0 N–H and O–H groups in total. The third-order valence-electron chi connectivity index (χ3n) is 13.3. The Kier molecular flexibility index (Phi) is 7.33. The van der Waals surface area contributed by atoms with E-state index >= 15 is 0 Å². The third kappa shape index (κ3) is 5.03. The quantitative estimate of drug-likeness (QED) is 0.174. The lowest BCUT2D eigenvalue weighted by Gasteiger charge is -2.10. The van der Waals surface area contributed by atoms with Crippen LogP contribution in [-0.2, 0) is 0 Å². The van der Waals surface area contributed by atoms with Gasteiger partial charge in [-0.2, -0.15) is 0 Å². The average molecular weight is 817 g/mol. The fourth-order valence-electron chi connectivity index (χ4n) is 10.5. The molecule has 0 amide bonds. The van der Waals surface area contributed by atoms with Gasteiger partial charge in [-0.25, -0.2) is 0 Å². The van der Waals surface area contributed by atoms with E-state index in [0.29, 0.717) is 0 Å². The minimum absolute atomic E-state index is 0.768. The highest BCUT2D eigenvalue weighted by atomic mass is 16.3. The van der Waals surface area contributed by atoms with Gasteiger partial charge in [0, 0.05) is 65.7 Å². The third-order valence-corrected chi connectivity index (χ3v) is 13.3. The number of aromatic nitrogens is 4. The van der Waals surface area contributed by atoms with E-state index in [0.717, 1.165) is 61.3 Å². The topological polar surface area (TPSA) is 40.8 Å². The maximum absolute atomic E-state index is 6.45. The molecule has 0 saturated carbocycles. The predicted molar refractivity (Wildman–Crippen MR) is 265 cm³/mol. The van der Waals surface area contributed by atoms with Gasteiger partial charge in [-0.15, -0.1) is 0 Å². The summed E-state index contributed by atoms with van der Waals surface area (Å²) in [4.78, 5) is 4.95.